The topological polar surface area (TPSA) is 83.6 Å². The zero-order valence-corrected chi connectivity index (χ0v) is 10.2. The third-order valence-electron chi connectivity index (χ3n) is 1.88. The van der Waals surface area contributed by atoms with Gasteiger partial charge in [-0.15, -0.1) is 5.10 Å². The van der Waals surface area contributed by atoms with E-state index in [0.29, 0.717) is 0 Å². The molecule has 0 atom stereocenters. The molecule has 2 aromatic rings. The van der Waals surface area contributed by atoms with Gasteiger partial charge in [0.05, 0.1) is 0 Å². The van der Waals surface area contributed by atoms with Crippen LogP contribution >= 0.6 is 15.9 Å². The zero-order valence-electron chi connectivity index (χ0n) is 8.59. The Hall–Kier alpha value is -2.02. The number of H-pyrrole nitrogens is 1. The Kier molecular flexibility index (Phi) is 3.61. The van der Waals surface area contributed by atoms with Crippen molar-refractivity contribution in [3.05, 3.63) is 40.4 Å². The van der Waals surface area contributed by atoms with Crippen molar-refractivity contribution in [1.82, 2.24) is 20.6 Å². The molecule has 86 valence electrons. The van der Waals surface area contributed by atoms with Gasteiger partial charge in [0, 0.05) is 10.5 Å². The standard InChI is InChI=1S/C10H8BrN5O/c11-8-4-1-7(2-5-8)3-6-9(17)12-10-13-15-16-14-10/h1-6H,(H2,12,13,14,15,16,17). The molecular formula is C10H8BrN5O. The van der Waals surface area contributed by atoms with E-state index in [1.165, 1.54) is 6.08 Å². The van der Waals surface area contributed by atoms with Gasteiger partial charge in [0.2, 0.25) is 0 Å². The second-order valence-electron chi connectivity index (χ2n) is 3.11. The van der Waals surface area contributed by atoms with Crippen molar-refractivity contribution < 1.29 is 4.79 Å². The Morgan fingerprint density at radius 1 is 1.35 bits per heavy atom. The second-order valence-corrected chi connectivity index (χ2v) is 4.03. The Labute approximate surface area is 105 Å². The van der Waals surface area contributed by atoms with Crippen LogP contribution in [-0.4, -0.2) is 26.5 Å². The molecule has 0 spiro atoms. The number of benzene rings is 1. The van der Waals surface area contributed by atoms with E-state index in [1.807, 2.05) is 24.3 Å². The predicted molar refractivity (Wildman–Crippen MR) is 66.0 cm³/mol. The lowest BCUT2D eigenvalue weighted by molar-refractivity contribution is -0.111. The first kappa shape index (κ1) is 11.5. The molecule has 0 bridgehead atoms. The smallest absolute Gasteiger partial charge is 0.270 e. The van der Waals surface area contributed by atoms with Crippen molar-refractivity contribution in [2.75, 3.05) is 5.32 Å². The van der Waals surface area contributed by atoms with Crippen LogP contribution in [0.2, 0.25) is 0 Å². The Morgan fingerprint density at radius 2 is 2.12 bits per heavy atom. The second kappa shape index (κ2) is 5.35. The molecule has 0 aliphatic rings. The van der Waals surface area contributed by atoms with Gasteiger partial charge in [0.1, 0.15) is 0 Å². The van der Waals surface area contributed by atoms with E-state index in [9.17, 15) is 4.79 Å². The molecule has 17 heavy (non-hydrogen) atoms. The molecule has 1 amide bonds. The summed E-state index contributed by atoms with van der Waals surface area (Å²) >= 11 is 3.33. The SMILES string of the molecule is O=C(C=Cc1ccc(Br)cc1)Nc1nn[nH]n1. The lowest BCUT2D eigenvalue weighted by atomic mass is 10.2. The van der Waals surface area contributed by atoms with Gasteiger partial charge in [0.15, 0.2) is 0 Å². The number of hydrogen-bond acceptors (Lipinski definition) is 4. The van der Waals surface area contributed by atoms with E-state index in [2.05, 4.69) is 41.9 Å². The van der Waals surface area contributed by atoms with Crippen molar-refractivity contribution in [1.29, 1.82) is 0 Å². The number of nitrogens with one attached hydrogen (secondary N) is 2. The minimum Gasteiger partial charge on any atom is -0.288 e. The molecule has 0 fully saturated rings. The first-order valence-electron chi connectivity index (χ1n) is 4.72. The van der Waals surface area contributed by atoms with Crippen molar-refractivity contribution in [3.63, 3.8) is 0 Å². The van der Waals surface area contributed by atoms with Crippen LogP contribution in [0.25, 0.3) is 6.08 Å². The number of aromatic amines is 1. The minimum absolute atomic E-state index is 0.149. The summed E-state index contributed by atoms with van der Waals surface area (Å²) in [6.45, 7) is 0. The number of amides is 1. The van der Waals surface area contributed by atoms with Gasteiger partial charge in [-0.1, -0.05) is 33.2 Å². The summed E-state index contributed by atoms with van der Waals surface area (Å²) in [5.74, 6) is -0.162. The summed E-state index contributed by atoms with van der Waals surface area (Å²) in [4.78, 5) is 11.4. The van der Waals surface area contributed by atoms with E-state index >= 15 is 0 Å². The maximum Gasteiger partial charge on any atom is 0.270 e. The molecule has 0 saturated carbocycles. The summed E-state index contributed by atoms with van der Waals surface area (Å²) < 4.78 is 0.992. The number of carbonyl (C=O) groups excluding carboxylic acids is 1. The Bertz CT molecular complexity index is 520. The number of nitrogens with zero attached hydrogens (tertiary/aromatic N) is 3. The molecule has 1 aromatic heterocycles. The summed E-state index contributed by atoms with van der Waals surface area (Å²) in [7, 11) is 0. The lowest BCUT2D eigenvalue weighted by Crippen LogP contribution is -2.09. The summed E-state index contributed by atoms with van der Waals surface area (Å²) in [6.07, 6.45) is 3.10. The van der Waals surface area contributed by atoms with Crippen LogP contribution in [0.3, 0.4) is 0 Å². The lowest BCUT2D eigenvalue weighted by Gasteiger charge is -1.95. The molecule has 2 N–H and O–H groups in total. The number of rotatable bonds is 3. The average Bonchev–Trinajstić information content (AvgIpc) is 2.81. The minimum atomic E-state index is -0.311. The highest BCUT2D eigenvalue weighted by Gasteiger charge is 2.00. The van der Waals surface area contributed by atoms with Gasteiger partial charge >= 0.3 is 0 Å². The third kappa shape index (κ3) is 3.49. The highest BCUT2D eigenvalue weighted by Crippen LogP contribution is 2.11. The molecule has 6 nitrogen and oxygen atoms in total. The fraction of sp³-hybridized carbons (Fsp3) is 0. The van der Waals surface area contributed by atoms with Gasteiger partial charge in [-0.25, -0.2) is 0 Å². The van der Waals surface area contributed by atoms with E-state index in [4.69, 9.17) is 0 Å². The first-order valence-corrected chi connectivity index (χ1v) is 5.51. The molecule has 0 radical (unpaired) electrons. The maximum atomic E-state index is 11.4. The fourth-order valence-corrected chi connectivity index (χ4v) is 1.38. The number of halogens is 1. The molecule has 1 aromatic carbocycles. The van der Waals surface area contributed by atoms with E-state index in [0.717, 1.165) is 10.0 Å². The maximum absolute atomic E-state index is 11.4. The number of hydrogen-bond donors (Lipinski definition) is 2. The third-order valence-corrected chi connectivity index (χ3v) is 2.41. The zero-order chi connectivity index (χ0) is 12.1. The largest absolute Gasteiger partial charge is 0.288 e. The molecule has 2 rings (SSSR count). The van der Waals surface area contributed by atoms with Crippen LogP contribution < -0.4 is 5.32 Å². The number of carbonyl (C=O) groups is 1. The van der Waals surface area contributed by atoms with Gasteiger partial charge in [-0.3, -0.25) is 10.1 Å². The van der Waals surface area contributed by atoms with Crippen LogP contribution in [-0.2, 0) is 4.79 Å². The van der Waals surface area contributed by atoms with Crippen molar-refractivity contribution in [2.24, 2.45) is 0 Å². The van der Waals surface area contributed by atoms with Crippen LogP contribution in [0.4, 0.5) is 5.95 Å². The Morgan fingerprint density at radius 3 is 2.76 bits per heavy atom. The van der Waals surface area contributed by atoms with Gasteiger partial charge < -0.3 is 0 Å². The molecule has 0 saturated heterocycles. The first-order chi connectivity index (χ1) is 8.24. The fourth-order valence-electron chi connectivity index (χ4n) is 1.11. The van der Waals surface area contributed by atoms with Crippen molar-refractivity contribution in [2.45, 2.75) is 0 Å². The molecular weight excluding hydrogens is 286 g/mol. The average molecular weight is 294 g/mol. The number of anilines is 1. The predicted octanol–water partition coefficient (Wildman–Crippen LogP) is 1.61. The van der Waals surface area contributed by atoms with Gasteiger partial charge in [0.25, 0.3) is 11.9 Å². The molecule has 0 aliphatic heterocycles. The normalized spacial score (nSPS) is 10.6. The summed E-state index contributed by atoms with van der Waals surface area (Å²) in [6, 6.07) is 7.58. The number of aromatic nitrogens is 4. The summed E-state index contributed by atoms with van der Waals surface area (Å²) in [5.41, 5.74) is 0.927. The highest BCUT2D eigenvalue weighted by atomic mass is 79.9. The van der Waals surface area contributed by atoms with E-state index < -0.39 is 0 Å². The highest BCUT2D eigenvalue weighted by molar-refractivity contribution is 9.10. The van der Waals surface area contributed by atoms with E-state index in [1.54, 1.807) is 6.08 Å². The number of tetrazole rings is 1. The van der Waals surface area contributed by atoms with Gasteiger partial charge in [-0.05, 0) is 29.0 Å². The Balaban J connectivity index is 1.96. The molecule has 0 unspecified atom stereocenters. The van der Waals surface area contributed by atoms with Crippen molar-refractivity contribution in [3.8, 4) is 0 Å². The molecule has 0 aliphatic carbocycles. The molecule has 1 heterocycles. The van der Waals surface area contributed by atoms with E-state index in [-0.39, 0.29) is 11.9 Å². The molecule has 7 heteroatoms. The van der Waals surface area contributed by atoms with Crippen molar-refractivity contribution >= 4 is 33.9 Å². The van der Waals surface area contributed by atoms with Crippen LogP contribution in [0.5, 0.6) is 0 Å². The summed E-state index contributed by atoms with van der Waals surface area (Å²) in [5, 5.41) is 15.2. The van der Waals surface area contributed by atoms with Gasteiger partial charge in [-0.2, -0.15) is 5.21 Å². The van der Waals surface area contributed by atoms with Crippen LogP contribution in [0.1, 0.15) is 5.56 Å². The van der Waals surface area contributed by atoms with Crippen LogP contribution in [0.15, 0.2) is 34.8 Å². The monoisotopic (exact) mass is 293 g/mol. The quantitative estimate of drug-likeness (QED) is 0.842. The van der Waals surface area contributed by atoms with Crippen LogP contribution in [0, 0.1) is 0 Å².